The van der Waals surface area contributed by atoms with Crippen molar-refractivity contribution in [2.75, 3.05) is 11.9 Å². The Morgan fingerprint density at radius 2 is 1.80 bits per heavy atom. The van der Waals surface area contributed by atoms with E-state index in [1.165, 1.54) is 23.8 Å². The van der Waals surface area contributed by atoms with Gasteiger partial charge in [0.25, 0.3) is 5.91 Å². The summed E-state index contributed by atoms with van der Waals surface area (Å²) in [6, 6.07) is 11.8. The average molecular weight is 451 g/mol. The Bertz CT molecular complexity index is 985. The van der Waals surface area contributed by atoms with Gasteiger partial charge in [0.1, 0.15) is 5.75 Å². The number of ether oxygens (including phenoxy) is 1. The molecule has 3 rings (SSSR count). The van der Waals surface area contributed by atoms with Crippen LogP contribution in [0, 0.1) is 0 Å². The predicted octanol–water partition coefficient (Wildman–Crippen LogP) is 4.70. The first-order chi connectivity index (χ1) is 14.2. The van der Waals surface area contributed by atoms with Crippen LogP contribution in [0.4, 0.5) is 5.69 Å². The van der Waals surface area contributed by atoms with Crippen LogP contribution in [0.25, 0.3) is 0 Å². The van der Waals surface area contributed by atoms with Crippen molar-refractivity contribution in [2.24, 2.45) is 0 Å². The van der Waals surface area contributed by atoms with Crippen LogP contribution in [0.2, 0.25) is 5.02 Å². The highest BCUT2D eigenvalue weighted by molar-refractivity contribution is 7.89. The number of rotatable bonds is 8. The Morgan fingerprint density at radius 3 is 2.40 bits per heavy atom. The van der Waals surface area contributed by atoms with E-state index in [0.717, 1.165) is 25.7 Å². The summed E-state index contributed by atoms with van der Waals surface area (Å²) in [5.74, 6) is 0.338. The SMILES string of the molecule is CC(C)c1ccc(NC(=O)COc2ccc(S(=O)(=O)NC3CCCC3)cc2Cl)cc1. The molecule has 1 aliphatic carbocycles. The maximum Gasteiger partial charge on any atom is 0.262 e. The third-order valence-corrected chi connectivity index (χ3v) is 6.92. The normalized spacial score (nSPS) is 14.8. The zero-order valence-corrected chi connectivity index (χ0v) is 18.7. The van der Waals surface area contributed by atoms with E-state index in [4.69, 9.17) is 16.3 Å². The van der Waals surface area contributed by atoms with Gasteiger partial charge in [0.05, 0.1) is 9.92 Å². The highest BCUT2D eigenvalue weighted by Crippen LogP contribution is 2.28. The van der Waals surface area contributed by atoms with Gasteiger partial charge in [-0.2, -0.15) is 0 Å². The van der Waals surface area contributed by atoms with Crippen molar-refractivity contribution in [3.8, 4) is 5.75 Å². The summed E-state index contributed by atoms with van der Waals surface area (Å²) in [6.45, 7) is 3.97. The molecule has 1 fully saturated rings. The van der Waals surface area contributed by atoms with Crippen molar-refractivity contribution in [3.05, 3.63) is 53.1 Å². The maximum absolute atomic E-state index is 12.5. The van der Waals surface area contributed by atoms with Crippen molar-refractivity contribution in [3.63, 3.8) is 0 Å². The van der Waals surface area contributed by atoms with Gasteiger partial charge in [0, 0.05) is 11.7 Å². The lowest BCUT2D eigenvalue weighted by atomic mass is 10.0. The quantitative estimate of drug-likeness (QED) is 0.610. The Morgan fingerprint density at radius 1 is 1.13 bits per heavy atom. The first kappa shape index (κ1) is 22.6. The standard InChI is InChI=1S/C22H27ClN2O4S/c1-15(2)16-7-9-17(10-8-16)24-22(26)14-29-21-12-11-19(13-20(21)23)30(27,28)25-18-5-3-4-6-18/h7-13,15,18,25H,3-6,14H2,1-2H3,(H,24,26). The predicted molar refractivity (Wildman–Crippen MR) is 119 cm³/mol. The van der Waals surface area contributed by atoms with Crippen LogP contribution in [0.3, 0.4) is 0 Å². The highest BCUT2D eigenvalue weighted by Gasteiger charge is 2.23. The number of sulfonamides is 1. The molecule has 0 bridgehead atoms. The van der Waals surface area contributed by atoms with Gasteiger partial charge in [-0.3, -0.25) is 4.79 Å². The zero-order valence-electron chi connectivity index (χ0n) is 17.2. The van der Waals surface area contributed by atoms with Crippen molar-refractivity contribution in [2.45, 2.75) is 56.4 Å². The lowest BCUT2D eigenvalue weighted by molar-refractivity contribution is -0.118. The van der Waals surface area contributed by atoms with Gasteiger partial charge in [-0.25, -0.2) is 13.1 Å². The fourth-order valence-electron chi connectivity index (χ4n) is 3.39. The molecule has 162 valence electrons. The minimum Gasteiger partial charge on any atom is -0.482 e. The van der Waals surface area contributed by atoms with Crippen LogP contribution in [-0.2, 0) is 14.8 Å². The number of hydrogen-bond donors (Lipinski definition) is 2. The molecule has 8 heteroatoms. The van der Waals surface area contributed by atoms with Gasteiger partial charge in [-0.15, -0.1) is 0 Å². The molecule has 0 spiro atoms. The molecule has 1 aliphatic rings. The van der Waals surface area contributed by atoms with E-state index >= 15 is 0 Å². The van der Waals surface area contributed by atoms with E-state index < -0.39 is 10.0 Å². The lowest BCUT2D eigenvalue weighted by Crippen LogP contribution is -2.32. The molecule has 2 N–H and O–H groups in total. The number of halogens is 1. The number of hydrogen-bond acceptors (Lipinski definition) is 4. The topological polar surface area (TPSA) is 84.5 Å². The summed E-state index contributed by atoms with van der Waals surface area (Å²) < 4.78 is 33.2. The fraction of sp³-hybridized carbons (Fsp3) is 0.409. The van der Waals surface area contributed by atoms with Crippen LogP contribution in [-0.4, -0.2) is 27.0 Å². The van der Waals surface area contributed by atoms with E-state index in [-0.39, 0.29) is 34.2 Å². The van der Waals surface area contributed by atoms with E-state index in [1.54, 1.807) is 0 Å². The molecule has 0 heterocycles. The monoisotopic (exact) mass is 450 g/mol. The molecular weight excluding hydrogens is 424 g/mol. The number of carbonyl (C=O) groups excluding carboxylic acids is 1. The first-order valence-corrected chi connectivity index (χ1v) is 12.0. The van der Waals surface area contributed by atoms with Crippen molar-refractivity contribution < 1.29 is 17.9 Å². The number of anilines is 1. The summed E-state index contributed by atoms with van der Waals surface area (Å²) in [7, 11) is -3.63. The molecule has 0 unspecified atom stereocenters. The fourth-order valence-corrected chi connectivity index (χ4v) is 5.02. The molecule has 0 aliphatic heterocycles. The molecule has 0 saturated heterocycles. The minimum atomic E-state index is -3.63. The van der Waals surface area contributed by atoms with Gasteiger partial charge < -0.3 is 10.1 Å². The summed E-state index contributed by atoms with van der Waals surface area (Å²) in [4.78, 5) is 12.2. The van der Waals surface area contributed by atoms with E-state index in [9.17, 15) is 13.2 Å². The third kappa shape index (κ3) is 5.97. The largest absolute Gasteiger partial charge is 0.482 e. The molecule has 2 aromatic rings. The van der Waals surface area contributed by atoms with Crippen LogP contribution in [0.15, 0.2) is 47.4 Å². The Balaban J connectivity index is 1.57. The summed E-state index contributed by atoms with van der Waals surface area (Å²) in [5, 5.41) is 2.90. The van der Waals surface area contributed by atoms with Crippen LogP contribution < -0.4 is 14.8 Å². The number of carbonyl (C=O) groups is 1. The number of amides is 1. The Kier molecular flexibility index (Phi) is 7.39. The third-order valence-electron chi connectivity index (χ3n) is 5.11. The van der Waals surface area contributed by atoms with Gasteiger partial charge in [-0.1, -0.05) is 50.4 Å². The smallest absolute Gasteiger partial charge is 0.262 e. The molecule has 0 atom stereocenters. The van der Waals surface area contributed by atoms with E-state index in [1.807, 2.05) is 24.3 Å². The van der Waals surface area contributed by atoms with Crippen molar-refractivity contribution >= 4 is 33.2 Å². The van der Waals surface area contributed by atoms with Crippen LogP contribution in [0.5, 0.6) is 5.75 Å². The molecule has 6 nitrogen and oxygen atoms in total. The number of nitrogens with one attached hydrogen (secondary N) is 2. The molecule has 2 aromatic carbocycles. The van der Waals surface area contributed by atoms with Crippen LogP contribution in [0.1, 0.15) is 51.0 Å². The van der Waals surface area contributed by atoms with Crippen molar-refractivity contribution in [1.29, 1.82) is 0 Å². The zero-order chi connectivity index (χ0) is 21.7. The molecule has 0 radical (unpaired) electrons. The van der Waals surface area contributed by atoms with Crippen molar-refractivity contribution in [1.82, 2.24) is 4.72 Å². The number of benzene rings is 2. The molecule has 1 amide bonds. The second kappa shape index (κ2) is 9.81. The summed E-state index contributed by atoms with van der Waals surface area (Å²) in [5.41, 5.74) is 1.87. The molecular formula is C22H27ClN2O4S. The second-order valence-electron chi connectivity index (χ2n) is 7.81. The summed E-state index contributed by atoms with van der Waals surface area (Å²) in [6.07, 6.45) is 3.77. The Labute approximate surface area is 183 Å². The Hall–Kier alpha value is -2.09. The minimum absolute atomic E-state index is 0.0250. The second-order valence-corrected chi connectivity index (χ2v) is 9.93. The molecule has 0 aromatic heterocycles. The molecule has 30 heavy (non-hydrogen) atoms. The molecule has 1 saturated carbocycles. The summed E-state index contributed by atoms with van der Waals surface area (Å²) >= 11 is 6.19. The van der Waals surface area contributed by atoms with Gasteiger partial charge >= 0.3 is 0 Å². The highest BCUT2D eigenvalue weighted by atomic mass is 35.5. The van der Waals surface area contributed by atoms with E-state index in [0.29, 0.717) is 11.6 Å². The van der Waals surface area contributed by atoms with Gasteiger partial charge in [0.2, 0.25) is 10.0 Å². The first-order valence-electron chi connectivity index (χ1n) is 10.1. The van der Waals surface area contributed by atoms with Crippen LogP contribution >= 0.6 is 11.6 Å². The van der Waals surface area contributed by atoms with Gasteiger partial charge in [0.15, 0.2) is 6.61 Å². The average Bonchev–Trinajstić information content (AvgIpc) is 3.19. The van der Waals surface area contributed by atoms with Gasteiger partial charge in [-0.05, 0) is 54.7 Å². The van der Waals surface area contributed by atoms with E-state index in [2.05, 4.69) is 23.9 Å². The lowest BCUT2D eigenvalue weighted by Gasteiger charge is -2.14. The maximum atomic E-state index is 12.5.